The highest BCUT2D eigenvalue weighted by atomic mass is 16.3. The lowest BCUT2D eigenvalue weighted by atomic mass is 9.88. The molecule has 0 saturated carbocycles. The van der Waals surface area contributed by atoms with E-state index in [4.69, 9.17) is 4.42 Å². The summed E-state index contributed by atoms with van der Waals surface area (Å²) < 4.78 is 5.28. The summed E-state index contributed by atoms with van der Waals surface area (Å²) in [5, 5.41) is 0. The van der Waals surface area contributed by atoms with Gasteiger partial charge in [0.15, 0.2) is 0 Å². The van der Waals surface area contributed by atoms with Crippen LogP contribution in [0.25, 0.3) is 0 Å². The van der Waals surface area contributed by atoms with Crippen molar-refractivity contribution in [1.82, 2.24) is 9.80 Å². The number of aryl methyl sites for hydroxylation is 1. The molecule has 0 aliphatic carbocycles. The molecule has 0 radical (unpaired) electrons. The number of hydrogen-bond acceptors (Lipinski definition) is 3. The number of benzene rings is 2. The lowest BCUT2D eigenvalue weighted by Crippen LogP contribution is -2.39. The Balaban J connectivity index is 1.56. The molecule has 32 heavy (non-hydrogen) atoms. The first-order valence-electron chi connectivity index (χ1n) is 11.6. The maximum absolute atomic E-state index is 13.5. The molecular formula is C28H34N2O2. The highest BCUT2D eigenvalue weighted by Gasteiger charge is 2.36. The molecule has 1 saturated heterocycles. The van der Waals surface area contributed by atoms with Crippen molar-refractivity contribution < 1.29 is 9.21 Å². The number of hydrogen-bond donors (Lipinski definition) is 0. The van der Waals surface area contributed by atoms with Crippen LogP contribution < -0.4 is 0 Å². The number of amides is 1. The zero-order valence-electron chi connectivity index (χ0n) is 19.4. The van der Waals surface area contributed by atoms with E-state index in [0.29, 0.717) is 17.8 Å². The van der Waals surface area contributed by atoms with Crippen LogP contribution in [0.4, 0.5) is 0 Å². The minimum Gasteiger partial charge on any atom is -0.472 e. The van der Waals surface area contributed by atoms with Crippen molar-refractivity contribution >= 4 is 5.91 Å². The monoisotopic (exact) mass is 430 g/mol. The van der Waals surface area contributed by atoms with Crippen molar-refractivity contribution in [3.05, 3.63) is 95.4 Å². The molecule has 0 spiro atoms. The van der Waals surface area contributed by atoms with Crippen molar-refractivity contribution in [1.29, 1.82) is 0 Å². The number of rotatable bonds is 8. The van der Waals surface area contributed by atoms with E-state index in [1.54, 1.807) is 6.26 Å². The fraction of sp³-hybridized carbons (Fsp3) is 0.393. The van der Waals surface area contributed by atoms with E-state index in [1.165, 1.54) is 16.7 Å². The number of likely N-dealkylation sites (tertiary alicyclic amines) is 1. The molecule has 4 rings (SSSR count). The topological polar surface area (TPSA) is 36.7 Å². The van der Waals surface area contributed by atoms with Gasteiger partial charge in [-0.15, -0.1) is 0 Å². The second kappa shape index (κ2) is 10.2. The predicted molar refractivity (Wildman–Crippen MR) is 129 cm³/mol. The Morgan fingerprint density at radius 2 is 1.81 bits per heavy atom. The molecule has 0 bridgehead atoms. The van der Waals surface area contributed by atoms with E-state index >= 15 is 0 Å². The third kappa shape index (κ3) is 5.49. The van der Waals surface area contributed by atoms with Gasteiger partial charge in [-0.1, -0.05) is 61.9 Å². The molecule has 1 aromatic heterocycles. The maximum Gasteiger partial charge on any atom is 0.253 e. The molecule has 1 amide bonds. The highest BCUT2D eigenvalue weighted by molar-refractivity contribution is 5.94. The lowest BCUT2D eigenvalue weighted by Gasteiger charge is -2.30. The Kier molecular flexibility index (Phi) is 7.11. The summed E-state index contributed by atoms with van der Waals surface area (Å²) in [6, 6.07) is 20.8. The highest BCUT2D eigenvalue weighted by Crippen LogP contribution is 2.34. The van der Waals surface area contributed by atoms with Gasteiger partial charge in [-0.05, 0) is 42.5 Å². The Morgan fingerprint density at radius 3 is 2.47 bits per heavy atom. The van der Waals surface area contributed by atoms with Crippen LogP contribution in [0, 0.1) is 18.8 Å². The third-order valence-electron chi connectivity index (χ3n) is 6.36. The third-order valence-corrected chi connectivity index (χ3v) is 6.36. The summed E-state index contributed by atoms with van der Waals surface area (Å²) >= 11 is 0. The molecule has 2 unspecified atom stereocenters. The van der Waals surface area contributed by atoms with Crippen LogP contribution >= 0.6 is 0 Å². The second-order valence-corrected chi connectivity index (χ2v) is 9.57. The fourth-order valence-corrected chi connectivity index (χ4v) is 4.84. The number of furan rings is 1. The molecule has 4 nitrogen and oxygen atoms in total. The van der Waals surface area contributed by atoms with E-state index in [1.807, 2.05) is 36.6 Å². The zero-order valence-corrected chi connectivity index (χ0v) is 19.4. The average molecular weight is 431 g/mol. The summed E-state index contributed by atoms with van der Waals surface area (Å²) in [5.41, 5.74) is 4.51. The van der Waals surface area contributed by atoms with Crippen LogP contribution in [0.15, 0.2) is 77.6 Å². The maximum atomic E-state index is 13.5. The van der Waals surface area contributed by atoms with Crippen LogP contribution in [-0.4, -0.2) is 41.9 Å². The second-order valence-electron chi connectivity index (χ2n) is 9.57. The van der Waals surface area contributed by atoms with Gasteiger partial charge in [-0.3, -0.25) is 9.69 Å². The van der Waals surface area contributed by atoms with Crippen molar-refractivity contribution in [2.45, 2.75) is 33.2 Å². The molecule has 4 heteroatoms. The minimum atomic E-state index is 0.138. The molecule has 3 aromatic rings. The molecular weight excluding hydrogens is 396 g/mol. The number of carbonyl (C=O) groups excluding carboxylic acids is 1. The zero-order chi connectivity index (χ0) is 22.5. The fourth-order valence-electron chi connectivity index (χ4n) is 4.84. The van der Waals surface area contributed by atoms with E-state index in [0.717, 1.165) is 38.3 Å². The Labute approximate surface area is 191 Å². The SMILES string of the molecule is Cc1ccc(C(=O)N(CC(C)C)CC2CN(Cc3ccoc3)CC2c2ccccc2)cc1. The van der Waals surface area contributed by atoms with Gasteiger partial charge in [-0.2, -0.15) is 0 Å². The van der Waals surface area contributed by atoms with Gasteiger partial charge in [0.1, 0.15) is 0 Å². The Bertz CT molecular complexity index is 980. The summed E-state index contributed by atoms with van der Waals surface area (Å²) in [4.78, 5) is 18.0. The molecule has 2 heterocycles. The van der Waals surface area contributed by atoms with Crippen LogP contribution in [0.5, 0.6) is 0 Å². The van der Waals surface area contributed by atoms with Gasteiger partial charge in [0.2, 0.25) is 0 Å². The van der Waals surface area contributed by atoms with Crippen LogP contribution in [-0.2, 0) is 6.54 Å². The molecule has 168 valence electrons. The predicted octanol–water partition coefficient (Wildman–Crippen LogP) is 5.60. The Hall–Kier alpha value is -2.85. The molecule has 2 atom stereocenters. The molecule has 1 aliphatic heterocycles. The van der Waals surface area contributed by atoms with Crippen LogP contribution in [0.3, 0.4) is 0 Å². The molecule has 1 fully saturated rings. The summed E-state index contributed by atoms with van der Waals surface area (Å²) in [5.74, 6) is 1.35. The van der Waals surface area contributed by atoms with Crippen LogP contribution in [0.1, 0.15) is 46.8 Å². The van der Waals surface area contributed by atoms with E-state index in [-0.39, 0.29) is 5.91 Å². The largest absolute Gasteiger partial charge is 0.472 e. The first kappa shape index (κ1) is 22.3. The van der Waals surface area contributed by atoms with Crippen molar-refractivity contribution in [2.24, 2.45) is 11.8 Å². The van der Waals surface area contributed by atoms with Crippen LogP contribution in [0.2, 0.25) is 0 Å². The normalized spacial score (nSPS) is 18.9. The smallest absolute Gasteiger partial charge is 0.253 e. The standard InChI is InChI=1S/C28H34N2O2/c1-21(2)15-30(28(31)25-11-9-22(3)10-12-25)18-26-17-29(16-23-13-14-32-20-23)19-27(26)24-7-5-4-6-8-24/h4-14,20-21,26-27H,15-19H2,1-3H3. The summed E-state index contributed by atoms with van der Waals surface area (Å²) in [6.07, 6.45) is 3.57. The number of nitrogens with zero attached hydrogens (tertiary/aromatic N) is 2. The van der Waals surface area contributed by atoms with Crippen molar-refractivity contribution in [3.63, 3.8) is 0 Å². The van der Waals surface area contributed by atoms with Crippen molar-refractivity contribution in [3.8, 4) is 0 Å². The molecule has 2 aromatic carbocycles. The lowest BCUT2D eigenvalue weighted by molar-refractivity contribution is 0.0703. The van der Waals surface area contributed by atoms with Crippen molar-refractivity contribution in [2.75, 3.05) is 26.2 Å². The molecule has 0 N–H and O–H groups in total. The van der Waals surface area contributed by atoms with Gasteiger partial charge < -0.3 is 9.32 Å². The number of carbonyl (C=O) groups is 1. The van der Waals surface area contributed by atoms with Gasteiger partial charge in [0.25, 0.3) is 5.91 Å². The van der Waals surface area contributed by atoms with Gasteiger partial charge in [0, 0.05) is 49.8 Å². The Morgan fingerprint density at radius 1 is 1.06 bits per heavy atom. The minimum absolute atomic E-state index is 0.138. The summed E-state index contributed by atoms with van der Waals surface area (Å²) in [7, 11) is 0. The summed E-state index contributed by atoms with van der Waals surface area (Å²) in [6.45, 7) is 10.8. The van der Waals surface area contributed by atoms with Gasteiger partial charge in [0.05, 0.1) is 12.5 Å². The first-order chi connectivity index (χ1) is 15.5. The average Bonchev–Trinajstić information content (AvgIpc) is 3.44. The van der Waals surface area contributed by atoms with Gasteiger partial charge in [-0.25, -0.2) is 0 Å². The van der Waals surface area contributed by atoms with E-state index < -0.39 is 0 Å². The van der Waals surface area contributed by atoms with E-state index in [9.17, 15) is 4.79 Å². The van der Waals surface area contributed by atoms with E-state index in [2.05, 4.69) is 60.9 Å². The molecule has 1 aliphatic rings. The first-order valence-corrected chi connectivity index (χ1v) is 11.6. The quantitative estimate of drug-likeness (QED) is 0.467. The van der Waals surface area contributed by atoms with Gasteiger partial charge >= 0.3 is 0 Å².